The Morgan fingerprint density at radius 2 is 2.08 bits per heavy atom. The standard InChI is InChI=1S/C18H18BrNO4/c1-11-7-8-15(14(19)9-11)20-10-13-5-4-6-16(23-3)17(13)24-12(2)18(21)22/h4-10,12H,1-3H3,(H,21,22)/t12-/m0/s1. The number of halogens is 1. The first-order chi connectivity index (χ1) is 11.4. The van der Waals surface area contributed by atoms with Crippen LogP contribution in [-0.4, -0.2) is 30.5 Å². The van der Waals surface area contributed by atoms with Crippen LogP contribution in [0.15, 0.2) is 45.9 Å². The van der Waals surface area contributed by atoms with Crippen LogP contribution in [0.3, 0.4) is 0 Å². The van der Waals surface area contributed by atoms with Gasteiger partial charge in [-0.1, -0.05) is 12.1 Å². The molecule has 0 fully saturated rings. The Morgan fingerprint density at radius 1 is 1.33 bits per heavy atom. The first kappa shape index (κ1) is 18.0. The summed E-state index contributed by atoms with van der Waals surface area (Å²) in [6.45, 7) is 3.46. The lowest BCUT2D eigenvalue weighted by atomic mass is 10.2. The van der Waals surface area contributed by atoms with Crippen molar-refractivity contribution >= 4 is 33.8 Å². The van der Waals surface area contributed by atoms with E-state index in [0.29, 0.717) is 17.1 Å². The Morgan fingerprint density at radius 3 is 2.71 bits per heavy atom. The number of carboxylic acids is 1. The second-order valence-electron chi connectivity index (χ2n) is 5.19. The Balaban J connectivity index is 2.38. The van der Waals surface area contributed by atoms with Crippen molar-refractivity contribution in [3.05, 3.63) is 52.0 Å². The maximum absolute atomic E-state index is 11.1. The number of para-hydroxylation sites is 1. The molecule has 0 bridgehead atoms. The minimum absolute atomic E-state index is 0.349. The molecular weight excluding hydrogens is 374 g/mol. The summed E-state index contributed by atoms with van der Waals surface area (Å²) in [6.07, 6.45) is 0.626. The average molecular weight is 392 g/mol. The fourth-order valence-electron chi connectivity index (χ4n) is 2.00. The normalized spacial score (nSPS) is 12.2. The van der Waals surface area contributed by atoms with Gasteiger partial charge in [-0.3, -0.25) is 4.99 Å². The fourth-order valence-corrected chi connectivity index (χ4v) is 2.60. The van der Waals surface area contributed by atoms with Crippen molar-refractivity contribution in [2.75, 3.05) is 7.11 Å². The van der Waals surface area contributed by atoms with Crippen LogP contribution in [0.4, 0.5) is 5.69 Å². The van der Waals surface area contributed by atoms with Crippen LogP contribution in [0.25, 0.3) is 0 Å². The number of hydrogen-bond donors (Lipinski definition) is 1. The minimum atomic E-state index is -1.05. The molecule has 6 heteroatoms. The van der Waals surface area contributed by atoms with E-state index in [1.165, 1.54) is 14.0 Å². The van der Waals surface area contributed by atoms with Gasteiger partial charge in [0.2, 0.25) is 0 Å². The Labute approximate surface area is 149 Å². The highest BCUT2D eigenvalue weighted by Crippen LogP contribution is 2.32. The van der Waals surface area contributed by atoms with Crippen LogP contribution in [-0.2, 0) is 4.79 Å². The van der Waals surface area contributed by atoms with E-state index in [4.69, 9.17) is 14.6 Å². The summed E-state index contributed by atoms with van der Waals surface area (Å²) in [7, 11) is 1.51. The first-order valence-electron chi connectivity index (χ1n) is 7.29. The van der Waals surface area contributed by atoms with E-state index in [-0.39, 0.29) is 0 Å². The molecule has 1 atom stereocenters. The molecule has 0 amide bonds. The van der Waals surface area contributed by atoms with Gasteiger partial charge in [-0.05, 0) is 59.6 Å². The van der Waals surface area contributed by atoms with E-state index < -0.39 is 12.1 Å². The van der Waals surface area contributed by atoms with Crippen LogP contribution >= 0.6 is 15.9 Å². The number of ether oxygens (including phenoxy) is 2. The van der Waals surface area contributed by atoms with Crippen LogP contribution in [0.5, 0.6) is 11.5 Å². The number of aryl methyl sites for hydroxylation is 1. The third-order valence-electron chi connectivity index (χ3n) is 3.32. The van der Waals surface area contributed by atoms with Crippen molar-refractivity contribution in [1.82, 2.24) is 0 Å². The fraction of sp³-hybridized carbons (Fsp3) is 0.222. The zero-order chi connectivity index (χ0) is 17.7. The molecule has 2 aromatic carbocycles. The Kier molecular flexibility index (Phi) is 5.98. The van der Waals surface area contributed by atoms with Crippen LogP contribution in [0.2, 0.25) is 0 Å². The zero-order valence-corrected chi connectivity index (χ0v) is 15.2. The molecule has 2 rings (SSSR count). The Hall–Kier alpha value is -2.34. The van der Waals surface area contributed by atoms with Crippen molar-refractivity contribution in [1.29, 1.82) is 0 Å². The van der Waals surface area contributed by atoms with E-state index >= 15 is 0 Å². The summed E-state index contributed by atoms with van der Waals surface area (Å²) in [6, 6.07) is 11.1. The molecule has 0 spiro atoms. The minimum Gasteiger partial charge on any atom is -0.493 e. The third-order valence-corrected chi connectivity index (χ3v) is 3.95. The first-order valence-corrected chi connectivity index (χ1v) is 8.08. The number of rotatable bonds is 6. The third kappa shape index (κ3) is 4.35. The number of carboxylic acid groups (broad SMARTS) is 1. The number of nitrogens with zero attached hydrogens (tertiary/aromatic N) is 1. The molecule has 24 heavy (non-hydrogen) atoms. The SMILES string of the molecule is COc1cccc(C=Nc2ccc(C)cc2Br)c1O[C@@H](C)C(=O)O. The lowest BCUT2D eigenvalue weighted by Crippen LogP contribution is -2.23. The molecule has 0 aromatic heterocycles. The van der Waals surface area contributed by atoms with Gasteiger partial charge in [0, 0.05) is 16.3 Å². The van der Waals surface area contributed by atoms with Gasteiger partial charge >= 0.3 is 5.97 Å². The van der Waals surface area contributed by atoms with E-state index in [1.807, 2.05) is 25.1 Å². The van der Waals surface area contributed by atoms with Crippen LogP contribution < -0.4 is 9.47 Å². The zero-order valence-electron chi connectivity index (χ0n) is 13.6. The van der Waals surface area contributed by atoms with Crippen molar-refractivity contribution < 1.29 is 19.4 Å². The molecule has 0 heterocycles. The summed E-state index contributed by atoms with van der Waals surface area (Å²) in [4.78, 5) is 15.5. The number of benzene rings is 2. The molecule has 0 radical (unpaired) electrons. The van der Waals surface area contributed by atoms with E-state index in [9.17, 15) is 4.79 Å². The highest BCUT2D eigenvalue weighted by molar-refractivity contribution is 9.10. The smallest absolute Gasteiger partial charge is 0.344 e. The van der Waals surface area contributed by atoms with Gasteiger partial charge in [0.05, 0.1) is 12.8 Å². The topological polar surface area (TPSA) is 68.1 Å². The summed E-state index contributed by atoms with van der Waals surface area (Å²) >= 11 is 3.48. The molecule has 0 aliphatic rings. The molecule has 126 valence electrons. The highest BCUT2D eigenvalue weighted by atomic mass is 79.9. The van der Waals surface area contributed by atoms with Crippen molar-refractivity contribution in [2.24, 2.45) is 4.99 Å². The number of carbonyl (C=O) groups is 1. The van der Waals surface area contributed by atoms with Crippen LogP contribution in [0, 0.1) is 6.92 Å². The summed E-state index contributed by atoms with van der Waals surface area (Å²) in [5, 5.41) is 9.06. The number of methoxy groups -OCH3 is 1. The molecule has 0 aliphatic carbocycles. The van der Waals surface area contributed by atoms with Gasteiger partial charge in [-0.15, -0.1) is 0 Å². The van der Waals surface area contributed by atoms with Gasteiger partial charge in [-0.2, -0.15) is 0 Å². The van der Waals surface area contributed by atoms with E-state index in [2.05, 4.69) is 20.9 Å². The number of hydrogen-bond acceptors (Lipinski definition) is 4. The molecule has 2 aromatic rings. The average Bonchev–Trinajstić information content (AvgIpc) is 2.54. The van der Waals surface area contributed by atoms with Crippen molar-refractivity contribution in [2.45, 2.75) is 20.0 Å². The largest absolute Gasteiger partial charge is 0.493 e. The lowest BCUT2D eigenvalue weighted by Gasteiger charge is -2.15. The van der Waals surface area contributed by atoms with E-state index in [1.54, 1.807) is 24.4 Å². The van der Waals surface area contributed by atoms with Crippen LogP contribution in [0.1, 0.15) is 18.1 Å². The van der Waals surface area contributed by atoms with Crippen molar-refractivity contribution in [3.8, 4) is 11.5 Å². The maximum atomic E-state index is 11.1. The maximum Gasteiger partial charge on any atom is 0.344 e. The van der Waals surface area contributed by atoms with Crippen molar-refractivity contribution in [3.63, 3.8) is 0 Å². The number of aliphatic carboxylic acids is 1. The molecule has 0 unspecified atom stereocenters. The molecule has 0 aliphatic heterocycles. The van der Waals surface area contributed by atoms with Gasteiger partial charge in [0.1, 0.15) is 0 Å². The second kappa shape index (κ2) is 7.97. The van der Waals surface area contributed by atoms with Gasteiger partial charge in [0.15, 0.2) is 17.6 Å². The summed E-state index contributed by atoms with van der Waals surface area (Å²) in [5.74, 6) is -0.248. The molecule has 1 N–H and O–H groups in total. The summed E-state index contributed by atoms with van der Waals surface area (Å²) < 4.78 is 11.7. The monoisotopic (exact) mass is 391 g/mol. The summed E-state index contributed by atoms with van der Waals surface area (Å²) in [5.41, 5.74) is 2.53. The highest BCUT2D eigenvalue weighted by Gasteiger charge is 2.17. The number of aliphatic imine (C=N–C) groups is 1. The van der Waals surface area contributed by atoms with Gasteiger partial charge in [0.25, 0.3) is 0 Å². The van der Waals surface area contributed by atoms with E-state index in [0.717, 1.165) is 15.7 Å². The second-order valence-corrected chi connectivity index (χ2v) is 6.04. The molecular formula is C18H18BrNO4. The predicted octanol–water partition coefficient (Wildman–Crippen LogP) is 4.37. The lowest BCUT2D eigenvalue weighted by molar-refractivity contribution is -0.144. The quantitative estimate of drug-likeness (QED) is 0.742. The molecule has 0 saturated carbocycles. The predicted molar refractivity (Wildman–Crippen MR) is 96.9 cm³/mol. The van der Waals surface area contributed by atoms with Gasteiger partial charge < -0.3 is 14.6 Å². The van der Waals surface area contributed by atoms with Gasteiger partial charge in [-0.25, -0.2) is 4.79 Å². The Bertz CT molecular complexity index is 774. The molecule has 0 saturated heterocycles. The molecule has 5 nitrogen and oxygen atoms in total.